The summed E-state index contributed by atoms with van der Waals surface area (Å²) in [7, 11) is 4.06. The highest BCUT2D eigenvalue weighted by Crippen LogP contribution is 2.78. The van der Waals surface area contributed by atoms with Gasteiger partial charge in [0.05, 0.1) is 24.8 Å². The number of nitrogens with one attached hydrogen (secondary N) is 1. The third kappa shape index (κ3) is 1.65. The third-order valence-electron chi connectivity index (χ3n) is 5.24. The average Bonchev–Trinajstić information content (AvgIpc) is 3.23. The van der Waals surface area contributed by atoms with E-state index in [4.69, 9.17) is 15.2 Å². The van der Waals surface area contributed by atoms with Crippen LogP contribution in [0.15, 0.2) is 24.3 Å². The summed E-state index contributed by atoms with van der Waals surface area (Å²) in [5.41, 5.74) is 4.48. The predicted molar refractivity (Wildman–Crippen MR) is 83.5 cm³/mol. The van der Waals surface area contributed by atoms with Crippen LogP contribution in [-0.4, -0.2) is 39.0 Å². The number of nitrogens with two attached hydrogens (primary N) is 1. The first kappa shape index (κ1) is 16.9. The van der Waals surface area contributed by atoms with Gasteiger partial charge in [-0.25, -0.2) is 9.79 Å². The van der Waals surface area contributed by atoms with Crippen molar-refractivity contribution in [2.24, 2.45) is 16.6 Å². The molecule has 0 spiro atoms. The minimum atomic E-state index is -1.53. The molecule has 8 nitrogen and oxygen atoms in total. The van der Waals surface area contributed by atoms with Gasteiger partial charge in [-0.15, -0.1) is 0 Å². The van der Waals surface area contributed by atoms with Crippen molar-refractivity contribution in [2.45, 2.75) is 11.8 Å². The Labute approximate surface area is 144 Å². The molecule has 0 radical (unpaired) electrons. The molecule has 1 aromatic rings. The number of amidine groups is 1. The van der Waals surface area contributed by atoms with Crippen LogP contribution in [0.5, 0.6) is 0 Å². The van der Waals surface area contributed by atoms with Gasteiger partial charge < -0.3 is 14.2 Å². The van der Waals surface area contributed by atoms with Crippen LogP contribution < -0.4 is 10.7 Å². The second kappa shape index (κ2) is 5.28. The number of methoxy groups -OCH3 is 3. The summed E-state index contributed by atoms with van der Waals surface area (Å²) in [6.45, 7) is 0. The average molecular weight is 341 g/mol. The van der Waals surface area contributed by atoms with Gasteiger partial charge in [0.1, 0.15) is 0 Å². The van der Waals surface area contributed by atoms with E-state index in [0.717, 1.165) is 0 Å². The van der Waals surface area contributed by atoms with Crippen LogP contribution in [0.4, 0.5) is 0 Å². The normalized spacial score (nSPS) is 31.2. The maximum absolute atomic E-state index is 11.6. The van der Waals surface area contributed by atoms with E-state index in [1.807, 2.05) is 0 Å². The molecule has 3 atom stereocenters. The third-order valence-corrected chi connectivity index (χ3v) is 5.24. The maximum Gasteiger partial charge on any atom is 0.342 e. The summed E-state index contributed by atoms with van der Waals surface area (Å²) in [6.07, 6.45) is 0. The van der Waals surface area contributed by atoms with Gasteiger partial charge in [0, 0.05) is 20.1 Å². The van der Waals surface area contributed by atoms with E-state index < -0.39 is 28.6 Å². The fourth-order valence-corrected chi connectivity index (χ4v) is 4.04. The molecule has 3 unspecified atom stereocenters. The number of ether oxygens (including phenoxy) is 3. The monoisotopic (exact) mass is 341 g/mol. The Kier molecular flexibility index (Phi) is 3.57. The molecule has 0 saturated heterocycles. The molecule has 0 amide bonds. The number of fused-ring (bicyclic) bond motifs is 1. The molecule has 0 bridgehead atoms. The largest absolute Gasteiger partial charge is 0.465 e. The molecule has 1 saturated carbocycles. The fraction of sp³-hybridized carbons (Fsp3) is 0.412. The van der Waals surface area contributed by atoms with Gasteiger partial charge >= 0.3 is 11.9 Å². The topological polar surface area (TPSA) is 132 Å². The van der Waals surface area contributed by atoms with E-state index in [9.17, 15) is 15.3 Å². The number of esters is 1. The number of rotatable bonds is 4. The van der Waals surface area contributed by atoms with Gasteiger partial charge in [-0.3, -0.25) is 5.73 Å². The minimum absolute atomic E-state index is 0.127. The molecular weight excluding hydrogens is 324 g/mol. The summed E-state index contributed by atoms with van der Waals surface area (Å²) >= 11 is 0. The Balaban J connectivity index is 2.13. The number of nitrogens with zero attached hydrogens (tertiary/aromatic N) is 2. The molecule has 1 heterocycles. The molecule has 128 valence electrons. The van der Waals surface area contributed by atoms with Crippen molar-refractivity contribution in [3.05, 3.63) is 35.4 Å². The van der Waals surface area contributed by atoms with Crippen molar-refractivity contribution in [3.8, 4) is 12.1 Å². The van der Waals surface area contributed by atoms with Crippen molar-refractivity contribution >= 4 is 11.8 Å². The van der Waals surface area contributed by atoms with Gasteiger partial charge in [0.2, 0.25) is 0 Å². The fourth-order valence-electron chi connectivity index (χ4n) is 4.04. The maximum atomic E-state index is 11.6. The molecule has 3 N–H and O–H groups in total. The second-order valence-corrected chi connectivity index (χ2v) is 5.95. The van der Waals surface area contributed by atoms with Crippen LogP contribution in [0.2, 0.25) is 0 Å². The molecule has 2 aliphatic rings. The molecular formula is C17H17N4O4+. The first-order valence-electron chi connectivity index (χ1n) is 7.46. The first-order valence-corrected chi connectivity index (χ1v) is 7.46. The SMILES string of the molecule is COC(=O)c1ccc(C2C3(C#N)C(N)=[NH+]C(OC)(OC)C23C#N)cc1. The van der Waals surface area contributed by atoms with Gasteiger partial charge in [0.15, 0.2) is 10.8 Å². The van der Waals surface area contributed by atoms with Crippen LogP contribution >= 0.6 is 0 Å². The lowest BCUT2D eigenvalue weighted by Gasteiger charge is -2.26. The van der Waals surface area contributed by atoms with Crippen molar-refractivity contribution in [2.75, 3.05) is 21.3 Å². The van der Waals surface area contributed by atoms with Crippen LogP contribution in [0.1, 0.15) is 21.8 Å². The Morgan fingerprint density at radius 1 is 1.16 bits per heavy atom. The van der Waals surface area contributed by atoms with Crippen molar-refractivity contribution in [1.82, 2.24) is 0 Å². The van der Waals surface area contributed by atoms with E-state index >= 15 is 0 Å². The Morgan fingerprint density at radius 3 is 2.20 bits per heavy atom. The quantitative estimate of drug-likeness (QED) is 0.529. The summed E-state index contributed by atoms with van der Waals surface area (Å²) in [5, 5.41) is 19.8. The predicted octanol–water partition coefficient (Wildman–Crippen LogP) is -1.01. The summed E-state index contributed by atoms with van der Waals surface area (Å²) in [6, 6.07) is 10.9. The minimum Gasteiger partial charge on any atom is -0.465 e. The number of nitriles is 2. The van der Waals surface area contributed by atoms with Crippen LogP contribution in [-0.2, 0) is 14.2 Å². The first-order chi connectivity index (χ1) is 11.9. The van der Waals surface area contributed by atoms with Gasteiger partial charge in [0.25, 0.3) is 5.84 Å². The highest BCUT2D eigenvalue weighted by molar-refractivity contribution is 5.95. The van der Waals surface area contributed by atoms with E-state index in [-0.39, 0.29) is 5.84 Å². The lowest BCUT2D eigenvalue weighted by atomic mass is 9.93. The molecule has 0 aromatic heterocycles. The zero-order chi connectivity index (χ0) is 18.5. The number of hydrogen-bond donors (Lipinski definition) is 2. The molecule has 1 aliphatic carbocycles. The highest BCUT2D eigenvalue weighted by atomic mass is 16.7. The molecule has 1 aromatic carbocycles. The van der Waals surface area contributed by atoms with Crippen molar-refractivity contribution in [1.29, 1.82) is 10.5 Å². The lowest BCUT2D eigenvalue weighted by Crippen LogP contribution is -2.90. The van der Waals surface area contributed by atoms with Crippen molar-refractivity contribution < 1.29 is 24.0 Å². The zero-order valence-electron chi connectivity index (χ0n) is 14.0. The highest BCUT2D eigenvalue weighted by Gasteiger charge is 2.96. The smallest absolute Gasteiger partial charge is 0.342 e. The Hall–Kier alpha value is -2.94. The number of hydrogen-bond acceptors (Lipinski definition) is 7. The molecule has 25 heavy (non-hydrogen) atoms. The number of carbonyl (C=O) groups is 1. The lowest BCUT2D eigenvalue weighted by molar-refractivity contribution is -0.687. The second-order valence-electron chi connectivity index (χ2n) is 5.95. The van der Waals surface area contributed by atoms with Gasteiger partial charge in [-0.1, -0.05) is 12.1 Å². The molecule has 8 heteroatoms. The van der Waals surface area contributed by atoms with E-state index in [1.54, 1.807) is 24.3 Å². The van der Waals surface area contributed by atoms with Crippen LogP contribution in [0, 0.1) is 33.5 Å². The number of carbonyl (C=O) groups excluding carboxylic acids is 1. The standard InChI is InChI=1S/C17H16N4O4/c1-23-13(22)11-6-4-10(5-7-11)12-15(8-18)14(20)21-17(24-2,25-3)16(12,15)9-19/h4-7,12H,1-3H3,(H2,20,21)/p+1. The molecule has 1 fully saturated rings. The number of benzene rings is 1. The Bertz CT molecular complexity index is 847. The van der Waals surface area contributed by atoms with Crippen LogP contribution in [0.25, 0.3) is 0 Å². The Morgan fingerprint density at radius 2 is 1.76 bits per heavy atom. The van der Waals surface area contributed by atoms with E-state index in [0.29, 0.717) is 11.1 Å². The van der Waals surface area contributed by atoms with E-state index in [2.05, 4.69) is 21.9 Å². The van der Waals surface area contributed by atoms with Crippen LogP contribution in [0.3, 0.4) is 0 Å². The summed E-state index contributed by atoms with van der Waals surface area (Å²) in [4.78, 5) is 14.4. The van der Waals surface area contributed by atoms with Gasteiger partial charge in [-0.05, 0) is 17.7 Å². The summed E-state index contributed by atoms with van der Waals surface area (Å²) < 4.78 is 15.6. The van der Waals surface area contributed by atoms with Crippen molar-refractivity contribution in [3.63, 3.8) is 0 Å². The zero-order valence-corrected chi connectivity index (χ0v) is 14.0. The van der Waals surface area contributed by atoms with Gasteiger partial charge in [-0.2, -0.15) is 10.5 Å². The van der Waals surface area contributed by atoms with E-state index in [1.165, 1.54) is 21.3 Å². The molecule has 1 aliphatic heterocycles. The summed E-state index contributed by atoms with van der Waals surface area (Å²) in [5.74, 6) is -2.44. The molecule has 3 rings (SSSR count).